The third-order valence-electron chi connectivity index (χ3n) is 6.15. The lowest BCUT2D eigenvalue weighted by Gasteiger charge is -2.03. The molecule has 0 radical (unpaired) electrons. The largest absolute Gasteiger partial charge is 0.381 e. The van der Waals surface area contributed by atoms with Gasteiger partial charge in [-0.1, -0.05) is 24.3 Å². The average molecular weight is 545 g/mol. The molecule has 0 aliphatic carbocycles. The summed E-state index contributed by atoms with van der Waals surface area (Å²) in [6.07, 6.45) is 9.84. The number of hydrogen-bond acceptors (Lipinski definition) is 5. The second kappa shape index (κ2) is 12.2. The minimum Gasteiger partial charge on any atom is -0.381 e. The van der Waals surface area contributed by atoms with Crippen LogP contribution in [0.25, 0.3) is 44.3 Å². The van der Waals surface area contributed by atoms with Crippen LogP contribution in [0.4, 0.5) is 0 Å². The van der Waals surface area contributed by atoms with E-state index < -0.39 is 0 Å². The Morgan fingerprint density at radius 2 is 1.39 bits per heavy atom. The van der Waals surface area contributed by atoms with Gasteiger partial charge in [-0.3, -0.25) is 0 Å². The maximum absolute atomic E-state index is 5.82. The molecular weight excluding hydrogens is 519 g/mol. The zero-order valence-corrected chi connectivity index (χ0v) is 22.3. The maximum Gasteiger partial charge on any atom is 0.222 e. The van der Waals surface area contributed by atoms with E-state index in [1.165, 1.54) is 23.7 Å². The first-order valence-corrected chi connectivity index (χ1v) is 13.0. The number of nitrogens with one attached hydrogen (secondary N) is 1. The van der Waals surface area contributed by atoms with E-state index in [1.54, 1.807) is 12.4 Å². The molecule has 0 unspecified atom stereocenters. The molecule has 1 N–H and O–H groups in total. The fraction of sp³-hybridized carbons (Fsp3) is 0.172. The summed E-state index contributed by atoms with van der Waals surface area (Å²) in [6, 6.07) is 20.0. The van der Waals surface area contributed by atoms with Gasteiger partial charge in [0.2, 0.25) is 10.6 Å². The SMILES string of the molecule is C1CCOC1.Clc1nccc(-c2cccc3[nH]ccc23)n1.Cn1ccc2c(-c3ccnc(Cl)n3)cccc21. The van der Waals surface area contributed by atoms with Crippen molar-refractivity contribution < 1.29 is 4.74 Å². The van der Waals surface area contributed by atoms with Crippen LogP contribution in [0.3, 0.4) is 0 Å². The van der Waals surface area contributed by atoms with Crippen LogP contribution in [0.5, 0.6) is 0 Å². The van der Waals surface area contributed by atoms with Gasteiger partial charge in [0.05, 0.1) is 11.4 Å². The standard InChI is InChI=1S/C13H10ClN3.C12H8ClN3.C4H8O/c1-17-8-6-10-9(3-2-4-12(10)17)11-5-7-15-13(14)16-11;13-12-15-7-5-11(16-12)8-2-1-3-10-9(8)4-6-14-10;1-2-4-5-3-1/h2-8H,1H3;1-7,14H;1-4H2. The molecule has 0 spiro atoms. The van der Waals surface area contributed by atoms with Crippen molar-refractivity contribution in [3.63, 3.8) is 0 Å². The molecule has 1 aliphatic heterocycles. The molecule has 7 nitrogen and oxygen atoms in total. The molecule has 0 saturated carbocycles. The molecule has 0 bridgehead atoms. The van der Waals surface area contributed by atoms with Crippen LogP contribution in [0.15, 0.2) is 85.5 Å². The molecule has 7 rings (SSSR count). The number of halogens is 2. The predicted octanol–water partition coefficient (Wildman–Crippen LogP) is 7.36. The molecule has 6 aromatic rings. The maximum atomic E-state index is 5.82. The Morgan fingerprint density at radius 3 is 2.00 bits per heavy atom. The van der Waals surface area contributed by atoms with Gasteiger partial charge in [0.1, 0.15) is 0 Å². The number of fused-ring (bicyclic) bond motifs is 2. The van der Waals surface area contributed by atoms with Crippen molar-refractivity contribution in [3.8, 4) is 22.5 Å². The van der Waals surface area contributed by atoms with E-state index in [0.29, 0.717) is 0 Å². The second-order valence-corrected chi connectivity index (χ2v) is 9.33. The number of ether oxygens (including phenoxy) is 1. The molecule has 0 amide bonds. The van der Waals surface area contributed by atoms with Crippen molar-refractivity contribution in [1.29, 1.82) is 0 Å². The third kappa shape index (κ3) is 6.02. The van der Waals surface area contributed by atoms with E-state index in [0.717, 1.165) is 46.6 Å². The van der Waals surface area contributed by atoms with E-state index in [1.807, 2.05) is 68.0 Å². The number of H-pyrrole nitrogens is 1. The molecule has 9 heteroatoms. The predicted molar refractivity (Wildman–Crippen MR) is 153 cm³/mol. The Hall–Kier alpha value is -3.78. The second-order valence-electron chi connectivity index (χ2n) is 8.65. The molecular formula is C29H26Cl2N6O. The summed E-state index contributed by atoms with van der Waals surface area (Å²) in [5.41, 5.74) is 6.09. The van der Waals surface area contributed by atoms with Gasteiger partial charge in [0.15, 0.2) is 0 Å². The Labute approximate surface area is 230 Å². The molecule has 38 heavy (non-hydrogen) atoms. The first kappa shape index (κ1) is 25.9. The van der Waals surface area contributed by atoms with E-state index in [4.69, 9.17) is 27.9 Å². The van der Waals surface area contributed by atoms with Crippen molar-refractivity contribution in [3.05, 3.63) is 96.0 Å². The third-order valence-corrected chi connectivity index (χ3v) is 6.52. The highest BCUT2D eigenvalue weighted by atomic mass is 35.5. The van der Waals surface area contributed by atoms with Crippen LogP contribution in [-0.2, 0) is 11.8 Å². The minimum absolute atomic E-state index is 0.269. The zero-order chi connectivity index (χ0) is 26.3. The highest BCUT2D eigenvalue weighted by molar-refractivity contribution is 6.28. The molecule has 1 fully saturated rings. The molecule has 192 valence electrons. The van der Waals surface area contributed by atoms with Crippen LogP contribution in [-0.4, -0.2) is 42.7 Å². The highest BCUT2D eigenvalue weighted by Gasteiger charge is 2.08. The summed E-state index contributed by atoms with van der Waals surface area (Å²) in [5, 5.41) is 2.85. The van der Waals surface area contributed by atoms with Gasteiger partial charge >= 0.3 is 0 Å². The monoisotopic (exact) mass is 544 g/mol. The number of nitrogens with zero attached hydrogens (tertiary/aromatic N) is 5. The van der Waals surface area contributed by atoms with Gasteiger partial charge in [-0.25, -0.2) is 19.9 Å². The van der Waals surface area contributed by atoms with Crippen LogP contribution in [0.1, 0.15) is 12.8 Å². The van der Waals surface area contributed by atoms with Crippen LogP contribution in [0.2, 0.25) is 10.6 Å². The first-order chi connectivity index (χ1) is 18.6. The molecule has 0 atom stereocenters. The van der Waals surface area contributed by atoms with Gasteiger partial charge in [0, 0.05) is 78.0 Å². The normalized spacial score (nSPS) is 12.6. The van der Waals surface area contributed by atoms with Gasteiger partial charge in [0.25, 0.3) is 0 Å². The van der Waals surface area contributed by atoms with E-state index in [2.05, 4.69) is 41.6 Å². The number of benzene rings is 2. The highest BCUT2D eigenvalue weighted by Crippen LogP contribution is 2.28. The Kier molecular flexibility index (Phi) is 8.28. The summed E-state index contributed by atoms with van der Waals surface area (Å²) in [5.74, 6) is 0. The lowest BCUT2D eigenvalue weighted by molar-refractivity contribution is 0.198. The number of aryl methyl sites for hydroxylation is 1. The summed E-state index contributed by atoms with van der Waals surface area (Å²) in [6.45, 7) is 2.00. The fourth-order valence-corrected chi connectivity index (χ4v) is 4.61. The van der Waals surface area contributed by atoms with Gasteiger partial charge in [-0.2, -0.15) is 0 Å². The smallest absolute Gasteiger partial charge is 0.222 e. The first-order valence-electron chi connectivity index (χ1n) is 12.3. The quantitative estimate of drug-likeness (QED) is 0.230. The van der Waals surface area contributed by atoms with E-state index in [9.17, 15) is 0 Å². The summed E-state index contributed by atoms with van der Waals surface area (Å²) in [4.78, 5) is 19.4. The van der Waals surface area contributed by atoms with Crippen molar-refractivity contribution in [1.82, 2.24) is 29.5 Å². The van der Waals surface area contributed by atoms with Crippen LogP contribution >= 0.6 is 23.2 Å². The zero-order valence-electron chi connectivity index (χ0n) is 20.8. The topological polar surface area (TPSA) is 81.5 Å². The van der Waals surface area contributed by atoms with Crippen molar-refractivity contribution in [2.75, 3.05) is 13.2 Å². The summed E-state index contributed by atoms with van der Waals surface area (Å²) < 4.78 is 7.03. The molecule has 1 saturated heterocycles. The fourth-order valence-electron chi connectivity index (χ4n) is 4.31. The lowest BCUT2D eigenvalue weighted by Crippen LogP contribution is -1.88. The number of rotatable bonds is 2. The molecule has 5 heterocycles. The number of aromatic amines is 1. The van der Waals surface area contributed by atoms with Gasteiger partial charge in [-0.05, 0) is 72.4 Å². The van der Waals surface area contributed by atoms with Crippen molar-refractivity contribution in [2.24, 2.45) is 7.05 Å². The summed E-state index contributed by atoms with van der Waals surface area (Å²) in [7, 11) is 2.03. The molecule has 1 aliphatic rings. The Balaban J connectivity index is 0.000000131. The minimum atomic E-state index is 0.269. The van der Waals surface area contributed by atoms with Crippen molar-refractivity contribution >= 4 is 45.0 Å². The van der Waals surface area contributed by atoms with E-state index in [-0.39, 0.29) is 10.6 Å². The van der Waals surface area contributed by atoms with Crippen LogP contribution < -0.4 is 0 Å². The Morgan fingerprint density at radius 1 is 0.763 bits per heavy atom. The van der Waals surface area contributed by atoms with Crippen molar-refractivity contribution in [2.45, 2.75) is 12.8 Å². The average Bonchev–Trinajstić information content (AvgIpc) is 3.72. The van der Waals surface area contributed by atoms with Gasteiger partial charge in [-0.15, -0.1) is 0 Å². The molecule has 4 aromatic heterocycles. The molecule has 2 aromatic carbocycles. The number of hydrogen-bond donors (Lipinski definition) is 1. The Bertz CT molecular complexity index is 1650. The number of aromatic nitrogens is 6. The summed E-state index contributed by atoms with van der Waals surface area (Å²) >= 11 is 11.6. The van der Waals surface area contributed by atoms with Gasteiger partial charge < -0.3 is 14.3 Å². The lowest BCUT2D eigenvalue weighted by atomic mass is 10.1. The van der Waals surface area contributed by atoms with E-state index >= 15 is 0 Å². The van der Waals surface area contributed by atoms with Crippen LogP contribution in [0, 0.1) is 0 Å².